The van der Waals surface area contributed by atoms with Crippen LogP contribution in [0.15, 0.2) is 24.3 Å². The Balaban J connectivity index is 1.93. The predicted octanol–water partition coefficient (Wildman–Crippen LogP) is 4.13. The molecule has 1 atom stereocenters. The second-order valence-electron chi connectivity index (χ2n) is 5.09. The molecule has 0 aromatic heterocycles. The number of alkyl halides is 1. The van der Waals surface area contributed by atoms with Crippen molar-refractivity contribution in [2.75, 3.05) is 11.9 Å². The largest absolute Gasteiger partial charge is 0.296 e. The van der Waals surface area contributed by atoms with Gasteiger partial charge in [0, 0.05) is 17.9 Å². The fraction of sp³-hybridized carbons (Fsp3) is 0.600. The van der Waals surface area contributed by atoms with Gasteiger partial charge in [-0.2, -0.15) is 0 Å². The molecular weight excluding hydrogens is 274 g/mol. The highest BCUT2D eigenvalue weighted by Crippen LogP contribution is 2.24. The number of likely N-dealkylation sites (tertiary alicyclic amines) is 1. The van der Waals surface area contributed by atoms with E-state index in [9.17, 15) is 0 Å². The summed E-state index contributed by atoms with van der Waals surface area (Å²) in [5.74, 6) is 0. The van der Waals surface area contributed by atoms with Gasteiger partial charge in [0.15, 0.2) is 0 Å². The van der Waals surface area contributed by atoms with Crippen molar-refractivity contribution < 1.29 is 0 Å². The van der Waals surface area contributed by atoms with E-state index in [1.165, 1.54) is 43.4 Å². The summed E-state index contributed by atoms with van der Waals surface area (Å²) >= 11 is 3.53. The Hall–Kier alpha value is -0.340. The Labute approximate surface area is 113 Å². The average molecular weight is 296 g/mol. The molecule has 2 heteroatoms. The zero-order valence-electron chi connectivity index (χ0n) is 10.7. The number of aryl methyl sites for hydroxylation is 1. The minimum atomic E-state index is 0.813. The first kappa shape index (κ1) is 13.1. The first-order valence-corrected chi connectivity index (χ1v) is 7.77. The van der Waals surface area contributed by atoms with Crippen LogP contribution in [0.2, 0.25) is 0 Å². The van der Waals surface area contributed by atoms with Gasteiger partial charge in [-0.1, -0.05) is 45.8 Å². The SMILES string of the molecule is Cc1cccc(CN2CCCC2CCCBr)c1. The number of rotatable bonds is 5. The van der Waals surface area contributed by atoms with Gasteiger partial charge in [-0.3, -0.25) is 4.90 Å². The van der Waals surface area contributed by atoms with Crippen molar-refractivity contribution in [3.05, 3.63) is 35.4 Å². The molecule has 0 bridgehead atoms. The minimum Gasteiger partial charge on any atom is -0.296 e. The lowest BCUT2D eigenvalue weighted by Crippen LogP contribution is -2.28. The third-order valence-electron chi connectivity index (χ3n) is 3.64. The van der Waals surface area contributed by atoms with E-state index >= 15 is 0 Å². The lowest BCUT2D eigenvalue weighted by atomic mass is 10.1. The molecule has 0 amide bonds. The van der Waals surface area contributed by atoms with Gasteiger partial charge in [-0.15, -0.1) is 0 Å². The molecule has 1 saturated heterocycles. The maximum Gasteiger partial charge on any atom is 0.0236 e. The average Bonchev–Trinajstić information content (AvgIpc) is 2.74. The Morgan fingerprint density at radius 3 is 3.06 bits per heavy atom. The third-order valence-corrected chi connectivity index (χ3v) is 4.20. The molecule has 1 aliphatic rings. The normalized spacial score (nSPS) is 20.9. The zero-order valence-corrected chi connectivity index (χ0v) is 12.2. The monoisotopic (exact) mass is 295 g/mol. The molecular formula is C15H22BrN. The van der Waals surface area contributed by atoms with Crippen LogP contribution in [-0.2, 0) is 6.54 Å². The van der Waals surface area contributed by atoms with Crippen LogP contribution in [0.3, 0.4) is 0 Å². The summed E-state index contributed by atoms with van der Waals surface area (Å²) in [5.41, 5.74) is 2.84. The molecule has 17 heavy (non-hydrogen) atoms. The minimum absolute atomic E-state index is 0.813. The van der Waals surface area contributed by atoms with Crippen molar-refractivity contribution >= 4 is 15.9 Å². The van der Waals surface area contributed by atoms with E-state index in [4.69, 9.17) is 0 Å². The Morgan fingerprint density at radius 2 is 2.29 bits per heavy atom. The standard InChI is InChI=1S/C15H22BrN/c1-13-5-2-6-14(11-13)12-17-10-4-8-15(17)7-3-9-16/h2,5-6,11,15H,3-4,7-10,12H2,1H3. The molecule has 1 aromatic rings. The predicted molar refractivity (Wildman–Crippen MR) is 77.6 cm³/mol. The zero-order chi connectivity index (χ0) is 12.1. The van der Waals surface area contributed by atoms with Gasteiger partial charge in [0.05, 0.1) is 0 Å². The molecule has 1 fully saturated rings. The molecule has 0 aliphatic carbocycles. The van der Waals surface area contributed by atoms with Crippen LogP contribution in [0.4, 0.5) is 0 Å². The van der Waals surface area contributed by atoms with Crippen LogP contribution in [0, 0.1) is 6.92 Å². The van der Waals surface area contributed by atoms with Crippen molar-refractivity contribution in [2.24, 2.45) is 0 Å². The second-order valence-corrected chi connectivity index (χ2v) is 5.88. The van der Waals surface area contributed by atoms with Crippen LogP contribution >= 0.6 is 15.9 Å². The highest BCUT2D eigenvalue weighted by atomic mass is 79.9. The fourth-order valence-corrected chi connectivity index (χ4v) is 3.11. The fourth-order valence-electron chi connectivity index (χ4n) is 2.79. The first-order chi connectivity index (χ1) is 8.29. The Morgan fingerprint density at radius 1 is 1.41 bits per heavy atom. The molecule has 1 aromatic carbocycles. The van der Waals surface area contributed by atoms with Gasteiger partial charge in [-0.25, -0.2) is 0 Å². The van der Waals surface area contributed by atoms with Gasteiger partial charge in [0.2, 0.25) is 0 Å². The Kier molecular flexibility index (Phi) is 5.05. The molecule has 1 aliphatic heterocycles. The summed E-state index contributed by atoms with van der Waals surface area (Å²) < 4.78 is 0. The maximum atomic E-state index is 3.53. The third kappa shape index (κ3) is 3.82. The summed E-state index contributed by atoms with van der Waals surface area (Å²) in [6.07, 6.45) is 5.41. The van der Waals surface area contributed by atoms with Crippen molar-refractivity contribution in [1.82, 2.24) is 4.90 Å². The van der Waals surface area contributed by atoms with Crippen LogP contribution in [0.1, 0.15) is 36.8 Å². The molecule has 1 unspecified atom stereocenters. The molecule has 1 nitrogen and oxygen atoms in total. The molecule has 1 heterocycles. The quantitative estimate of drug-likeness (QED) is 0.738. The summed E-state index contributed by atoms with van der Waals surface area (Å²) in [6, 6.07) is 9.74. The van der Waals surface area contributed by atoms with Gasteiger partial charge in [0.25, 0.3) is 0 Å². The van der Waals surface area contributed by atoms with E-state index in [1.54, 1.807) is 0 Å². The number of halogens is 1. The molecule has 0 saturated carbocycles. The lowest BCUT2D eigenvalue weighted by Gasteiger charge is -2.24. The van der Waals surface area contributed by atoms with Crippen molar-refractivity contribution in [2.45, 2.75) is 45.2 Å². The van der Waals surface area contributed by atoms with E-state index < -0.39 is 0 Å². The molecule has 0 radical (unpaired) electrons. The van der Waals surface area contributed by atoms with Gasteiger partial charge >= 0.3 is 0 Å². The number of nitrogens with zero attached hydrogens (tertiary/aromatic N) is 1. The topological polar surface area (TPSA) is 3.24 Å². The lowest BCUT2D eigenvalue weighted by molar-refractivity contribution is 0.234. The highest BCUT2D eigenvalue weighted by Gasteiger charge is 2.23. The first-order valence-electron chi connectivity index (χ1n) is 6.65. The van der Waals surface area contributed by atoms with E-state index in [0.717, 1.165) is 17.9 Å². The van der Waals surface area contributed by atoms with Gasteiger partial charge in [0.1, 0.15) is 0 Å². The van der Waals surface area contributed by atoms with E-state index in [1.807, 2.05) is 0 Å². The van der Waals surface area contributed by atoms with Crippen LogP contribution < -0.4 is 0 Å². The Bertz CT molecular complexity index is 351. The smallest absolute Gasteiger partial charge is 0.0236 e. The van der Waals surface area contributed by atoms with E-state index in [-0.39, 0.29) is 0 Å². The molecule has 2 rings (SSSR count). The van der Waals surface area contributed by atoms with Gasteiger partial charge < -0.3 is 0 Å². The molecule has 0 spiro atoms. The van der Waals surface area contributed by atoms with E-state index in [0.29, 0.717) is 0 Å². The maximum absolute atomic E-state index is 3.53. The molecule has 0 N–H and O–H groups in total. The number of hydrogen-bond donors (Lipinski definition) is 0. The number of hydrogen-bond acceptors (Lipinski definition) is 1. The molecule has 94 valence electrons. The van der Waals surface area contributed by atoms with Crippen molar-refractivity contribution in [3.63, 3.8) is 0 Å². The van der Waals surface area contributed by atoms with Crippen LogP contribution in [0.5, 0.6) is 0 Å². The van der Waals surface area contributed by atoms with Crippen molar-refractivity contribution in [1.29, 1.82) is 0 Å². The second kappa shape index (κ2) is 6.55. The van der Waals surface area contributed by atoms with Crippen LogP contribution in [-0.4, -0.2) is 22.8 Å². The number of benzene rings is 1. The summed E-state index contributed by atoms with van der Waals surface area (Å²) in [6.45, 7) is 4.59. The van der Waals surface area contributed by atoms with Crippen LogP contribution in [0.25, 0.3) is 0 Å². The summed E-state index contributed by atoms with van der Waals surface area (Å²) in [7, 11) is 0. The van der Waals surface area contributed by atoms with Gasteiger partial charge in [-0.05, 0) is 44.7 Å². The van der Waals surface area contributed by atoms with Crippen molar-refractivity contribution in [3.8, 4) is 0 Å². The summed E-state index contributed by atoms with van der Waals surface area (Å²) in [4.78, 5) is 2.66. The van der Waals surface area contributed by atoms with E-state index in [2.05, 4.69) is 52.0 Å². The summed E-state index contributed by atoms with van der Waals surface area (Å²) in [5, 5.41) is 1.14. The highest BCUT2D eigenvalue weighted by molar-refractivity contribution is 9.09.